The summed E-state index contributed by atoms with van der Waals surface area (Å²) in [6.45, 7) is 2.45. The van der Waals surface area contributed by atoms with Crippen molar-refractivity contribution in [2.45, 2.75) is 13.0 Å². The fourth-order valence-electron chi connectivity index (χ4n) is 2.06. The summed E-state index contributed by atoms with van der Waals surface area (Å²) in [4.78, 5) is 0. The van der Waals surface area contributed by atoms with Gasteiger partial charge in [-0.15, -0.1) is 0 Å². The van der Waals surface area contributed by atoms with Gasteiger partial charge in [-0.25, -0.2) is 0 Å². The van der Waals surface area contributed by atoms with Crippen LogP contribution < -0.4 is 14.8 Å². The quantitative estimate of drug-likeness (QED) is 0.890. The number of benzene rings is 2. The zero-order valence-corrected chi connectivity index (χ0v) is 10.2. The average molecular weight is 241 g/mol. The lowest BCUT2D eigenvalue weighted by molar-refractivity contribution is 0.174. The molecule has 1 atom stereocenters. The Kier molecular flexibility index (Phi) is 2.81. The van der Waals surface area contributed by atoms with Crippen molar-refractivity contribution in [3.8, 4) is 11.5 Å². The molecular formula is C15H15NO2. The number of nitrogens with one attached hydrogen (secondary N) is 1. The molecule has 3 heteroatoms. The van der Waals surface area contributed by atoms with Crippen LogP contribution >= 0.6 is 0 Å². The van der Waals surface area contributed by atoms with Crippen molar-refractivity contribution in [3.63, 3.8) is 0 Å². The Morgan fingerprint density at radius 2 is 1.78 bits per heavy atom. The molecule has 0 fully saturated rings. The zero-order chi connectivity index (χ0) is 12.4. The summed E-state index contributed by atoms with van der Waals surface area (Å²) < 4.78 is 10.7. The maximum Gasteiger partial charge on any atom is 0.231 e. The van der Waals surface area contributed by atoms with Crippen LogP contribution in [0.25, 0.3) is 0 Å². The first kappa shape index (κ1) is 11.0. The van der Waals surface area contributed by atoms with E-state index in [-0.39, 0.29) is 6.04 Å². The minimum absolute atomic E-state index is 0.256. The second kappa shape index (κ2) is 4.61. The Hall–Kier alpha value is -2.16. The molecule has 92 valence electrons. The van der Waals surface area contributed by atoms with E-state index < -0.39 is 0 Å². The number of ether oxygens (including phenoxy) is 2. The van der Waals surface area contributed by atoms with Crippen molar-refractivity contribution in [1.82, 2.24) is 0 Å². The van der Waals surface area contributed by atoms with E-state index in [2.05, 4.69) is 24.4 Å². The van der Waals surface area contributed by atoms with Crippen LogP contribution in [0.4, 0.5) is 5.69 Å². The maximum absolute atomic E-state index is 5.36. The molecule has 0 aromatic heterocycles. The van der Waals surface area contributed by atoms with Gasteiger partial charge in [0.2, 0.25) is 6.79 Å². The summed E-state index contributed by atoms with van der Waals surface area (Å²) in [6, 6.07) is 16.5. The van der Waals surface area contributed by atoms with Crippen LogP contribution in [0.5, 0.6) is 11.5 Å². The van der Waals surface area contributed by atoms with Gasteiger partial charge in [0.15, 0.2) is 11.5 Å². The van der Waals surface area contributed by atoms with Crippen molar-refractivity contribution < 1.29 is 9.47 Å². The number of fused-ring (bicyclic) bond motifs is 1. The molecule has 0 bridgehead atoms. The van der Waals surface area contributed by atoms with Gasteiger partial charge in [0.1, 0.15) is 0 Å². The maximum atomic E-state index is 5.36. The van der Waals surface area contributed by atoms with Gasteiger partial charge in [-0.2, -0.15) is 0 Å². The summed E-state index contributed by atoms with van der Waals surface area (Å²) in [5.41, 5.74) is 2.30. The molecule has 18 heavy (non-hydrogen) atoms. The highest BCUT2D eigenvalue weighted by atomic mass is 16.7. The van der Waals surface area contributed by atoms with Gasteiger partial charge in [0, 0.05) is 17.8 Å². The van der Waals surface area contributed by atoms with E-state index in [9.17, 15) is 0 Å². The third-order valence-electron chi connectivity index (χ3n) is 3.06. The molecule has 1 unspecified atom stereocenters. The monoisotopic (exact) mass is 241 g/mol. The summed E-state index contributed by atoms with van der Waals surface area (Å²) in [5.74, 6) is 1.62. The van der Waals surface area contributed by atoms with Gasteiger partial charge in [-0.1, -0.05) is 30.3 Å². The lowest BCUT2D eigenvalue weighted by atomic mass is 10.1. The molecule has 0 amide bonds. The van der Waals surface area contributed by atoms with Crippen molar-refractivity contribution in [1.29, 1.82) is 0 Å². The summed E-state index contributed by atoms with van der Waals surface area (Å²) in [7, 11) is 0. The predicted molar refractivity (Wildman–Crippen MR) is 71.0 cm³/mol. The first-order chi connectivity index (χ1) is 8.83. The minimum atomic E-state index is 0.256. The molecule has 1 N–H and O–H groups in total. The summed E-state index contributed by atoms with van der Waals surface area (Å²) in [6.07, 6.45) is 0. The molecule has 2 aromatic rings. The first-order valence-corrected chi connectivity index (χ1v) is 6.04. The molecule has 2 aromatic carbocycles. The van der Waals surface area contributed by atoms with Crippen LogP contribution in [0, 0.1) is 0 Å². The van der Waals surface area contributed by atoms with Gasteiger partial charge in [-0.3, -0.25) is 0 Å². The smallest absolute Gasteiger partial charge is 0.231 e. The third kappa shape index (κ3) is 2.12. The van der Waals surface area contributed by atoms with Crippen LogP contribution in [-0.4, -0.2) is 6.79 Å². The van der Waals surface area contributed by atoms with Crippen molar-refractivity contribution in [2.24, 2.45) is 0 Å². The lowest BCUT2D eigenvalue weighted by Gasteiger charge is -2.15. The van der Waals surface area contributed by atoms with Gasteiger partial charge in [0.25, 0.3) is 0 Å². The average Bonchev–Trinajstić information content (AvgIpc) is 2.87. The van der Waals surface area contributed by atoms with Crippen LogP contribution in [-0.2, 0) is 0 Å². The van der Waals surface area contributed by atoms with E-state index in [0.29, 0.717) is 6.79 Å². The van der Waals surface area contributed by atoms with E-state index >= 15 is 0 Å². The van der Waals surface area contributed by atoms with E-state index in [1.54, 1.807) is 0 Å². The zero-order valence-electron chi connectivity index (χ0n) is 10.2. The first-order valence-electron chi connectivity index (χ1n) is 6.04. The summed E-state index contributed by atoms with van der Waals surface area (Å²) >= 11 is 0. The minimum Gasteiger partial charge on any atom is -0.454 e. The molecule has 3 nitrogen and oxygen atoms in total. The van der Waals surface area contributed by atoms with E-state index in [1.165, 1.54) is 5.56 Å². The highest BCUT2D eigenvalue weighted by Gasteiger charge is 2.14. The summed E-state index contributed by atoms with van der Waals surface area (Å²) in [5, 5.41) is 3.45. The fraction of sp³-hybridized carbons (Fsp3) is 0.200. The lowest BCUT2D eigenvalue weighted by Crippen LogP contribution is -2.06. The number of rotatable bonds is 3. The number of hydrogen-bond acceptors (Lipinski definition) is 3. The number of anilines is 1. The van der Waals surface area contributed by atoms with E-state index in [4.69, 9.17) is 9.47 Å². The van der Waals surface area contributed by atoms with Gasteiger partial charge in [0.05, 0.1) is 0 Å². The Labute approximate surface area is 106 Å². The molecular weight excluding hydrogens is 226 g/mol. The Morgan fingerprint density at radius 1 is 1.00 bits per heavy atom. The normalized spacial score (nSPS) is 14.3. The Morgan fingerprint density at radius 3 is 2.61 bits per heavy atom. The molecule has 0 radical (unpaired) electrons. The van der Waals surface area contributed by atoms with Gasteiger partial charge in [-0.05, 0) is 24.6 Å². The molecule has 0 aliphatic carbocycles. The third-order valence-corrected chi connectivity index (χ3v) is 3.06. The molecule has 0 saturated heterocycles. The largest absolute Gasteiger partial charge is 0.454 e. The van der Waals surface area contributed by atoms with E-state index in [1.807, 2.05) is 36.4 Å². The molecule has 1 aliphatic rings. The molecule has 3 rings (SSSR count). The number of hydrogen-bond donors (Lipinski definition) is 1. The predicted octanol–water partition coefficient (Wildman–Crippen LogP) is 3.59. The van der Waals surface area contributed by atoms with Gasteiger partial charge >= 0.3 is 0 Å². The van der Waals surface area contributed by atoms with Crippen LogP contribution in [0.1, 0.15) is 18.5 Å². The van der Waals surface area contributed by atoms with E-state index in [0.717, 1.165) is 17.2 Å². The topological polar surface area (TPSA) is 30.5 Å². The van der Waals surface area contributed by atoms with Crippen LogP contribution in [0.15, 0.2) is 48.5 Å². The van der Waals surface area contributed by atoms with Crippen molar-refractivity contribution in [3.05, 3.63) is 54.1 Å². The Bertz CT molecular complexity index is 539. The highest BCUT2D eigenvalue weighted by Crippen LogP contribution is 2.35. The molecule has 0 saturated carbocycles. The molecule has 1 heterocycles. The molecule has 0 spiro atoms. The Balaban J connectivity index is 1.77. The molecule has 1 aliphatic heterocycles. The van der Waals surface area contributed by atoms with Crippen LogP contribution in [0.3, 0.4) is 0 Å². The van der Waals surface area contributed by atoms with Crippen molar-refractivity contribution in [2.75, 3.05) is 12.1 Å². The fourth-order valence-corrected chi connectivity index (χ4v) is 2.06. The van der Waals surface area contributed by atoms with Crippen molar-refractivity contribution >= 4 is 5.69 Å². The van der Waals surface area contributed by atoms with Gasteiger partial charge < -0.3 is 14.8 Å². The highest BCUT2D eigenvalue weighted by molar-refractivity contribution is 5.56. The second-order valence-electron chi connectivity index (χ2n) is 4.34. The second-order valence-corrected chi connectivity index (χ2v) is 4.34. The SMILES string of the molecule is CC(Nc1ccc2c(c1)OCO2)c1ccccc1. The van der Waals surface area contributed by atoms with Crippen LogP contribution in [0.2, 0.25) is 0 Å². The standard InChI is InChI=1S/C15H15NO2/c1-11(12-5-3-2-4-6-12)16-13-7-8-14-15(9-13)18-10-17-14/h2-9,11,16H,10H2,1H3.